The molecule has 0 bridgehead atoms. The van der Waals surface area contributed by atoms with Gasteiger partial charge in [0.1, 0.15) is 0 Å². The van der Waals surface area contributed by atoms with E-state index in [1.807, 2.05) is 6.08 Å². The number of hydrogen-bond donors (Lipinski definition) is 2. The van der Waals surface area contributed by atoms with Crippen molar-refractivity contribution in [1.29, 1.82) is 5.41 Å². The van der Waals surface area contributed by atoms with Gasteiger partial charge >= 0.3 is 86.0 Å². The fourth-order valence-electron chi connectivity index (χ4n) is 1.27. The Hall–Kier alpha value is -0.816. The summed E-state index contributed by atoms with van der Waals surface area (Å²) in [6, 6.07) is 0. The van der Waals surface area contributed by atoms with E-state index < -0.39 is 0 Å². The molecule has 0 aliphatic carbocycles. The molecule has 0 aliphatic rings. The van der Waals surface area contributed by atoms with Crippen LogP contribution in [0.5, 0.6) is 0 Å². The molecule has 0 amide bonds. The number of nitrogens with one attached hydrogen (secondary N) is 2. The molecule has 0 aromatic carbocycles. The zero-order valence-electron chi connectivity index (χ0n) is 7.59. The zero-order valence-corrected chi connectivity index (χ0v) is 8.58. The van der Waals surface area contributed by atoms with Gasteiger partial charge in [0.15, 0.2) is 0 Å². The number of H-pyrrole nitrogens is 1. The van der Waals surface area contributed by atoms with Gasteiger partial charge in [0.25, 0.3) is 0 Å². The van der Waals surface area contributed by atoms with Crippen LogP contribution in [-0.2, 0) is 28.3 Å². The quantitative estimate of drug-likeness (QED) is 0.438. The zero-order chi connectivity index (χ0) is 9.84. The van der Waals surface area contributed by atoms with E-state index in [-0.39, 0.29) is 0 Å². The second-order valence-electron chi connectivity index (χ2n) is 2.77. The van der Waals surface area contributed by atoms with Crippen LogP contribution in [-0.4, -0.2) is 11.2 Å². The summed E-state index contributed by atoms with van der Waals surface area (Å²) in [5.41, 5.74) is 2.94. The summed E-state index contributed by atoms with van der Waals surface area (Å²) >= 11 is 4.89. The molecule has 0 atom stereocenters. The van der Waals surface area contributed by atoms with Crippen LogP contribution >= 0.6 is 0 Å². The van der Waals surface area contributed by atoms with Crippen molar-refractivity contribution in [2.75, 3.05) is 0 Å². The topological polar surface area (TPSA) is 39.6 Å². The average molecular weight is 220 g/mol. The maximum absolute atomic E-state index is 7.25. The molecular weight excluding hydrogens is 207 g/mol. The Balaban J connectivity index is 3.18. The molecule has 13 heavy (non-hydrogen) atoms. The Labute approximate surface area is 86.3 Å². The molecule has 0 fully saturated rings. The number of aromatic nitrogens is 1. The van der Waals surface area contributed by atoms with Crippen LogP contribution in [0.15, 0.2) is 12.7 Å². The van der Waals surface area contributed by atoms with E-state index in [9.17, 15) is 0 Å². The van der Waals surface area contributed by atoms with E-state index in [2.05, 4.69) is 18.5 Å². The minimum atomic E-state index is 0.751. The number of hydrogen-bond acceptors (Lipinski definition) is 1. The van der Waals surface area contributed by atoms with Crippen molar-refractivity contribution in [3.63, 3.8) is 0 Å². The monoisotopic (exact) mass is 219 g/mol. The summed E-state index contributed by atoms with van der Waals surface area (Å²) in [7, 11) is 0. The van der Waals surface area contributed by atoms with Crippen LogP contribution in [0.2, 0.25) is 0 Å². The molecule has 0 spiro atoms. The molecule has 1 heterocycles. The fourth-order valence-corrected chi connectivity index (χ4v) is 1.73. The van der Waals surface area contributed by atoms with Crippen LogP contribution < -0.4 is 4.53 Å². The molecule has 0 aliphatic heterocycles. The van der Waals surface area contributed by atoms with Gasteiger partial charge < -0.3 is 0 Å². The predicted molar refractivity (Wildman–Crippen MR) is 51.6 cm³/mol. The van der Waals surface area contributed by atoms with Crippen LogP contribution in [0.4, 0.5) is 0 Å². The van der Waals surface area contributed by atoms with Crippen LogP contribution in [0.25, 0.3) is 0 Å². The van der Waals surface area contributed by atoms with Gasteiger partial charge in [-0.05, 0) is 0 Å². The Morgan fingerprint density at radius 1 is 1.54 bits per heavy atom. The third kappa shape index (κ3) is 1.92. The first-order chi connectivity index (χ1) is 6.24. The summed E-state index contributed by atoms with van der Waals surface area (Å²) in [5, 5.41) is 7.25. The van der Waals surface area contributed by atoms with E-state index in [0.717, 1.165) is 34.3 Å². The minimum absolute atomic E-state index is 0.751. The maximum atomic E-state index is 7.25. The van der Waals surface area contributed by atoms with Crippen LogP contribution in [0.3, 0.4) is 0 Å². The third-order valence-corrected chi connectivity index (χ3v) is 2.50. The molecule has 0 saturated heterocycles. The van der Waals surface area contributed by atoms with E-state index >= 15 is 0 Å². The SMILES string of the molecule is C=CCc1[nH]c(CC)[c]([Ni])c1C=N. The molecular formula is C10H13N2Ni. The van der Waals surface area contributed by atoms with E-state index in [1.165, 1.54) is 6.21 Å². The predicted octanol–water partition coefficient (Wildman–Crippen LogP) is 1.48. The van der Waals surface area contributed by atoms with Gasteiger partial charge in [0.2, 0.25) is 0 Å². The molecule has 0 saturated carbocycles. The third-order valence-electron chi connectivity index (χ3n) is 1.94. The summed E-state index contributed by atoms with van der Waals surface area (Å²) in [6.07, 6.45) is 4.79. The molecule has 3 heteroatoms. The number of rotatable bonds is 4. The Morgan fingerprint density at radius 3 is 2.69 bits per heavy atom. The van der Waals surface area contributed by atoms with Crippen molar-refractivity contribution in [3.8, 4) is 0 Å². The molecule has 1 aromatic heterocycles. The molecule has 73 valence electrons. The Morgan fingerprint density at radius 2 is 2.23 bits per heavy atom. The number of aryl methyl sites for hydroxylation is 1. The molecule has 2 N–H and O–H groups in total. The van der Waals surface area contributed by atoms with Gasteiger partial charge in [-0.1, -0.05) is 0 Å². The summed E-state index contributed by atoms with van der Waals surface area (Å²) in [6.45, 7) is 5.73. The van der Waals surface area contributed by atoms with E-state index in [1.54, 1.807) is 0 Å². The molecule has 1 rings (SSSR count). The first-order valence-electron chi connectivity index (χ1n) is 4.22. The second-order valence-corrected chi connectivity index (χ2v) is 3.26. The second kappa shape index (κ2) is 4.43. The van der Waals surface area contributed by atoms with Crippen molar-refractivity contribution in [3.05, 3.63) is 29.6 Å². The van der Waals surface area contributed by atoms with Gasteiger partial charge in [-0.2, -0.15) is 0 Å². The normalized spacial score (nSPS) is 10.1. The number of allylic oxidation sites excluding steroid dienone is 1. The molecule has 1 aromatic rings. The average Bonchev–Trinajstić information content (AvgIpc) is 2.43. The van der Waals surface area contributed by atoms with Crippen molar-refractivity contribution < 1.29 is 15.5 Å². The van der Waals surface area contributed by atoms with Crippen LogP contribution in [0.1, 0.15) is 23.9 Å². The molecule has 0 unspecified atom stereocenters. The van der Waals surface area contributed by atoms with Gasteiger partial charge in [-0.15, -0.1) is 0 Å². The first-order valence-corrected chi connectivity index (χ1v) is 4.71. The standard InChI is InChI=1S/C10H13N2.Ni/c1-3-5-10-8(7-11)6-9(4-2)12-10;/h3,7,11-12H,1,4-5H2,2H3;. The van der Waals surface area contributed by atoms with Crippen molar-refractivity contribution in [2.24, 2.45) is 0 Å². The first kappa shape index (κ1) is 10.3. The molecule has 2 nitrogen and oxygen atoms in total. The van der Waals surface area contributed by atoms with Gasteiger partial charge in [-0.3, -0.25) is 0 Å². The fraction of sp³-hybridized carbons (Fsp3) is 0.300. The van der Waals surface area contributed by atoms with Gasteiger partial charge in [0.05, 0.1) is 0 Å². The van der Waals surface area contributed by atoms with Crippen molar-refractivity contribution >= 4 is 10.7 Å². The summed E-state index contributed by atoms with van der Waals surface area (Å²) in [5.74, 6) is 0. The van der Waals surface area contributed by atoms with Gasteiger partial charge in [0, 0.05) is 0 Å². The van der Waals surface area contributed by atoms with E-state index in [4.69, 9.17) is 20.9 Å². The van der Waals surface area contributed by atoms with E-state index in [0.29, 0.717) is 0 Å². The summed E-state index contributed by atoms with van der Waals surface area (Å²) < 4.78 is 0.828. The van der Waals surface area contributed by atoms with Crippen molar-refractivity contribution in [1.82, 2.24) is 4.98 Å². The Bertz CT molecular complexity index is 326. The number of aromatic amines is 1. The summed E-state index contributed by atoms with van der Waals surface area (Å²) in [4.78, 5) is 3.24. The van der Waals surface area contributed by atoms with Crippen LogP contribution in [0, 0.1) is 5.41 Å². The Kier molecular flexibility index (Phi) is 3.50. The van der Waals surface area contributed by atoms with Gasteiger partial charge in [-0.25, -0.2) is 0 Å². The molecule has 0 radical (unpaired) electrons. The van der Waals surface area contributed by atoms with Crippen molar-refractivity contribution in [2.45, 2.75) is 19.8 Å².